The predicted octanol–water partition coefficient (Wildman–Crippen LogP) is 2.05. The normalized spacial score (nSPS) is 13.7. The van der Waals surface area contributed by atoms with Crippen molar-refractivity contribution in [3.8, 4) is 0 Å². The van der Waals surface area contributed by atoms with Crippen molar-refractivity contribution in [2.45, 2.75) is 25.9 Å². The zero-order valence-electron chi connectivity index (χ0n) is 15.0. The van der Waals surface area contributed by atoms with Crippen molar-refractivity contribution in [1.29, 1.82) is 0 Å². The summed E-state index contributed by atoms with van der Waals surface area (Å²) in [6, 6.07) is 6.13. The van der Waals surface area contributed by atoms with E-state index in [1.807, 2.05) is 45.0 Å². The fourth-order valence-corrected chi connectivity index (χ4v) is 2.48. The third-order valence-corrected chi connectivity index (χ3v) is 3.95. The third kappa shape index (κ3) is 4.96. The van der Waals surface area contributed by atoms with E-state index in [9.17, 15) is 9.59 Å². The molecule has 2 N–H and O–H groups in total. The maximum absolute atomic E-state index is 12.6. The average molecular weight is 347 g/mol. The van der Waals surface area contributed by atoms with Crippen LogP contribution in [-0.4, -0.2) is 43.4 Å². The summed E-state index contributed by atoms with van der Waals surface area (Å²) in [5.41, 5.74) is 0. The minimum atomic E-state index is -0.656. The van der Waals surface area contributed by atoms with Crippen LogP contribution in [0.2, 0.25) is 0 Å². The molecular weight excluding hydrogens is 322 g/mol. The highest BCUT2D eigenvalue weighted by molar-refractivity contribution is 5.95. The molecule has 0 aliphatic rings. The topological polar surface area (TPSA) is 87.7 Å². The molecule has 0 aliphatic heterocycles. The van der Waals surface area contributed by atoms with Crippen molar-refractivity contribution in [1.82, 2.24) is 15.5 Å². The van der Waals surface area contributed by atoms with E-state index in [1.165, 1.54) is 6.26 Å². The number of nitrogens with zero attached hydrogens (tertiary/aromatic N) is 1. The Morgan fingerprint density at radius 2 is 1.80 bits per heavy atom. The Morgan fingerprint density at radius 3 is 2.32 bits per heavy atom. The number of hydrogen-bond donors (Lipinski definition) is 2. The molecule has 0 bridgehead atoms. The molecule has 0 aliphatic carbocycles. The van der Waals surface area contributed by atoms with Gasteiger partial charge in [-0.25, -0.2) is 0 Å². The van der Waals surface area contributed by atoms with Crippen LogP contribution in [0.15, 0.2) is 45.6 Å². The van der Waals surface area contributed by atoms with Gasteiger partial charge in [-0.15, -0.1) is 0 Å². The van der Waals surface area contributed by atoms with Crippen LogP contribution in [0.5, 0.6) is 0 Å². The summed E-state index contributed by atoms with van der Waals surface area (Å²) in [7, 11) is 3.83. The minimum absolute atomic E-state index is 0.0691. The summed E-state index contributed by atoms with van der Waals surface area (Å²) in [5.74, 6) is 0.230. The molecular formula is C18H25N3O4. The van der Waals surface area contributed by atoms with E-state index >= 15 is 0 Å². The highest BCUT2D eigenvalue weighted by Gasteiger charge is 2.27. The van der Waals surface area contributed by atoms with Crippen LogP contribution in [0.1, 0.15) is 36.2 Å². The quantitative estimate of drug-likeness (QED) is 0.763. The molecule has 2 amide bonds. The number of nitrogens with one attached hydrogen (secondary N) is 2. The van der Waals surface area contributed by atoms with Crippen LogP contribution in [0, 0.1) is 5.92 Å². The molecule has 7 heteroatoms. The molecule has 2 aromatic heterocycles. The molecule has 0 radical (unpaired) electrons. The fraction of sp³-hybridized carbons (Fsp3) is 0.444. The van der Waals surface area contributed by atoms with Gasteiger partial charge in [0.1, 0.15) is 11.8 Å². The summed E-state index contributed by atoms with van der Waals surface area (Å²) < 4.78 is 10.5. The van der Waals surface area contributed by atoms with Gasteiger partial charge in [0.2, 0.25) is 5.91 Å². The van der Waals surface area contributed by atoms with Crippen LogP contribution < -0.4 is 10.6 Å². The predicted molar refractivity (Wildman–Crippen MR) is 92.9 cm³/mol. The Balaban J connectivity index is 1.99. The summed E-state index contributed by atoms with van der Waals surface area (Å²) in [6.45, 7) is 4.13. The van der Waals surface area contributed by atoms with Crippen molar-refractivity contribution in [3.05, 3.63) is 48.3 Å². The first kappa shape index (κ1) is 18.8. The highest BCUT2D eigenvalue weighted by Crippen LogP contribution is 2.17. The molecule has 0 spiro atoms. The van der Waals surface area contributed by atoms with Gasteiger partial charge in [-0.3, -0.25) is 14.5 Å². The third-order valence-electron chi connectivity index (χ3n) is 3.95. The fourth-order valence-electron chi connectivity index (χ4n) is 2.48. The van der Waals surface area contributed by atoms with Gasteiger partial charge in [0.05, 0.1) is 18.6 Å². The smallest absolute Gasteiger partial charge is 0.287 e. The zero-order chi connectivity index (χ0) is 18.4. The Labute approximate surface area is 147 Å². The number of furan rings is 2. The monoisotopic (exact) mass is 347 g/mol. The van der Waals surface area contributed by atoms with Gasteiger partial charge < -0.3 is 19.5 Å². The lowest BCUT2D eigenvalue weighted by Crippen LogP contribution is -2.50. The minimum Gasteiger partial charge on any atom is -0.468 e. The Kier molecular flexibility index (Phi) is 6.41. The second-order valence-electron chi connectivity index (χ2n) is 6.41. The molecule has 0 unspecified atom stereocenters. The van der Waals surface area contributed by atoms with Gasteiger partial charge in [-0.05, 0) is 44.3 Å². The molecule has 136 valence electrons. The lowest BCUT2D eigenvalue weighted by atomic mass is 10.0. The molecule has 0 saturated carbocycles. The Hall–Kier alpha value is -2.54. The van der Waals surface area contributed by atoms with Crippen molar-refractivity contribution in [2.24, 2.45) is 5.92 Å². The van der Waals surface area contributed by atoms with Crippen LogP contribution in [0.3, 0.4) is 0 Å². The summed E-state index contributed by atoms with van der Waals surface area (Å²) in [6.07, 6.45) is 3.03. The Morgan fingerprint density at radius 1 is 1.12 bits per heavy atom. The summed E-state index contributed by atoms with van der Waals surface area (Å²) in [4.78, 5) is 26.7. The molecule has 0 saturated heterocycles. The summed E-state index contributed by atoms with van der Waals surface area (Å²) in [5, 5.41) is 5.62. The SMILES string of the molecule is CC(C)[C@H](NC(=O)c1ccco1)C(=O)NC[C@H](c1ccco1)N(C)C. The first-order chi connectivity index (χ1) is 11.9. The van der Waals surface area contributed by atoms with E-state index in [-0.39, 0.29) is 23.6 Å². The number of likely N-dealkylation sites (N-methyl/N-ethyl adjacent to an activating group) is 1. The number of rotatable bonds is 8. The van der Waals surface area contributed by atoms with Crippen molar-refractivity contribution < 1.29 is 18.4 Å². The standard InChI is InChI=1S/C18H25N3O4/c1-12(2)16(20-17(22)15-8-6-10-25-15)18(23)19-11-13(21(3)4)14-7-5-9-24-14/h5-10,12-13,16H,11H2,1-4H3,(H,19,23)(H,20,22)/t13-,16+/m1/s1. The number of carbonyl (C=O) groups is 2. The van der Waals surface area contributed by atoms with Crippen LogP contribution >= 0.6 is 0 Å². The van der Waals surface area contributed by atoms with Crippen LogP contribution in [0.4, 0.5) is 0 Å². The largest absolute Gasteiger partial charge is 0.468 e. The van der Waals surface area contributed by atoms with Gasteiger partial charge >= 0.3 is 0 Å². The van der Waals surface area contributed by atoms with Gasteiger partial charge in [0, 0.05) is 6.54 Å². The van der Waals surface area contributed by atoms with Crippen LogP contribution in [0.25, 0.3) is 0 Å². The first-order valence-corrected chi connectivity index (χ1v) is 8.22. The molecule has 0 aromatic carbocycles. The molecule has 0 fully saturated rings. The van der Waals surface area contributed by atoms with E-state index in [2.05, 4.69) is 10.6 Å². The highest BCUT2D eigenvalue weighted by atomic mass is 16.3. The zero-order valence-corrected chi connectivity index (χ0v) is 15.0. The number of amides is 2. The lowest BCUT2D eigenvalue weighted by Gasteiger charge is -2.25. The molecule has 2 atom stereocenters. The van der Waals surface area contributed by atoms with E-state index in [1.54, 1.807) is 18.4 Å². The van der Waals surface area contributed by atoms with Crippen molar-refractivity contribution in [3.63, 3.8) is 0 Å². The molecule has 7 nitrogen and oxygen atoms in total. The van der Waals surface area contributed by atoms with Crippen LogP contribution in [-0.2, 0) is 4.79 Å². The van der Waals surface area contributed by atoms with E-state index in [4.69, 9.17) is 8.83 Å². The van der Waals surface area contributed by atoms with Crippen molar-refractivity contribution in [2.75, 3.05) is 20.6 Å². The number of carbonyl (C=O) groups excluding carboxylic acids is 2. The molecule has 2 aromatic rings. The van der Waals surface area contributed by atoms with Crippen molar-refractivity contribution >= 4 is 11.8 Å². The first-order valence-electron chi connectivity index (χ1n) is 8.22. The van der Waals surface area contributed by atoms with Gasteiger partial charge in [0.15, 0.2) is 5.76 Å². The average Bonchev–Trinajstić information content (AvgIpc) is 3.25. The number of hydrogen-bond acceptors (Lipinski definition) is 5. The van der Waals surface area contributed by atoms with Gasteiger partial charge in [-0.1, -0.05) is 13.8 Å². The summed E-state index contributed by atoms with van der Waals surface area (Å²) >= 11 is 0. The Bertz CT molecular complexity index is 663. The maximum atomic E-state index is 12.6. The molecule has 25 heavy (non-hydrogen) atoms. The molecule has 2 heterocycles. The lowest BCUT2D eigenvalue weighted by molar-refractivity contribution is -0.124. The van der Waals surface area contributed by atoms with Gasteiger partial charge in [-0.2, -0.15) is 0 Å². The molecule has 2 rings (SSSR count). The maximum Gasteiger partial charge on any atom is 0.287 e. The second kappa shape index (κ2) is 8.53. The van der Waals surface area contributed by atoms with E-state index in [0.717, 1.165) is 5.76 Å². The van der Waals surface area contributed by atoms with E-state index < -0.39 is 11.9 Å². The van der Waals surface area contributed by atoms with E-state index in [0.29, 0.717) is 6.54 Å². The second-order valence-corrected chi connectivity index (χ2v) is 6.41. The van der Waals surface area contributed by atoms with Gasteiger partial charge in [0.25, 0.3) is 5.91 Å².